The first-order valence-electron chi connectivity index (χ1n) is 25.9. The average molecular weight is 997 g/mol. The third-order valence-corrected chi connectivity index (χ3v) is 14.9. The van der Waals surface area contributed by atoms with Crippen LogP contribution in [0, 0.1) is 10.8 Å². The van der Waals surface area contributed by atoms with Gasteiger partial charge in [-0.05, 0) is 119 Å². The molecule has 2 aromatic rings. The van der Waals surface area contributed by atoms with Crippen molar-refractivity contribution in [2.24, 2.45) is 10.8 Å². The number of fused-ring (bicyclic) bond motifs is 2. The van der Waals surface area contributed by atoms with Gasteiger partial charge >= 0.3 is 0 Å². The van der Waals surface area contributed by atoms with Gasteiger partial charge in [0, 0.05) is 38.0 Å². The first kappa shape index (κ1) is 55.4. The molecule has 0 spiro atoms. The van der Waals surface area contributed by atoms with Crippen molar-refractivity contribution in [3.63, 3.8) is 0 Å². The first-order chi connectivity index (χ1) is 34.0. The molecule has 72 heavy (non-hydrogen) atoms. The smallest absolute Gasteiger partial charge is 0.246 e. The predicted molar refractivity (Wildman–Crippen MR) is 274 cm³/mol. The van der Waals surface area contributed by atoms with E-state index in [0.717, 1.165) is 49.7 Å². The highest BCUT2D eigenvalue weighted by molar-refractivity contribution is 5.95. The Kier molecular flexibility index (Phi) is 18.3. The van der Waals surface area contributed by atoms with Crippen molar-refractivity contribution < 1.29 is 38.4 Å². The summed E-state index contributed by atoms with van der Waals surface area (Å²) in [6.45, 7) is 14.2. The number of nitrogens with one attached hydrogen (secondary N) is 8. The van der Waals surface area contributed by atoms with E-state index in [-0.39, 0.29) is 86.3 Å². The summed E-state index contributed by atoms with van der Waals surface area (Å²) in [5.74, 6) is -3.00. The lowest BCUT2D eigenvalue weighted by atomic mass is 9.84. The summed E-state index contributed by atoms with van der Waals surface area (Å²) in [6, 6.07) is 9.47. The van der Waals surface area contributed by atoms with Gasteiger partial charge in [0.25, 0.3) is 0 Å². The van der Waals surface area contributed by atoms with Gasteiger partial charge in [-0.2, -0.15) is 0 Å². The van der Waals surface area contributed by atoms with Crippen LogP contribution in [0.15, 0.2) is 48.5 Å². The third kappa shape index (κ3) is 13.8. The van der Waals surface area contributed by atoms with E-state index in [4.69, 9.17) is 0 Å². The lowest BCUT2D eigenvalue weighted by Gasteiger charge is -2.36. The van der Waals surface area contributed by atoms with Gasteiger partial charge in [0.2, 0.25) is 47.3 Å². The number of likely N-dealkylation sites (N-methyl/N-ethyl adjacent to an activating group) is 2. The van der Waals surface area contributed by atoms with E-state index in [1.165, 1.54) is 20.9 Å². The van der Waals surface area contributed by atoms with Crippen molar-refractivity contribution in [3.05, 3.63) is 70.8 Å². The molecule has 2 heterocycles. The van der Waals surface area contributed by atoms with Gasteiger partial charge in [-0.15, -0.1) is 0 Å². The van der Waals surface area contributed by atoms with Gasteiger partial charge < -0.3 is 52.3 Å². The van der Waals surface area contributed by atoms with E-state index >= 15 is 0 Å². The Morgan fingerprint density at radius 2 is 0.986 bits per heavy atom. The van der Waals surface area contributed by atoms with E-state index in [2.05, 4.69) is 54.7 Å². The van der Waals surface area contributed by atoms with Crippen LogP contribution in [-0.4, -0.2) is 133 Å². The van der Waals surface area contributed by atoms with Gasteiger partial charge in [-0.25, -0.2) is 0 Å². The van der Waals surface area contributed by atoms with Gasteiger partial charge in [0.05, 0.1) is 24.2 Å². The van der Waals surface area contributed by atoms with Crippen LogP contribution in [0.1, 0.15) is 141 Å². The largest absolute Gasteiger partial charge is 0.351 e. The van der Waals surface area contributed by atoms with Crippen LogP contribution < -0.4 is 42.5 Å². The van der Waals surface area contributed by atoms with E-state index in [1.807, 2.05) is 57.2 Å². The van der Waals surface area contributed by atoms with Crippen LogP contribution in [0.25, 0.3) is 0 Å². The van der Waals surface area contributed by atoms with Crippen LogP contribution in [0.4, 0.5) is 0 Å². The van der Waals surface area contributed by atoms with Gasteiger partial charge in [0.15, 0.2) is 0 Å². The highest BCUT2D eigenvalue weighted by atomic mass is 16.2. The number of benzene rings is 2. The molecule has 8 N–H and O–H groups in total. The van der Waals surface area contributed by atoms with Crippen LogP contribution in [0.5, 0.6) is 0 Å². The predicted octanol–water partition coefficient (Wildman–Crippen LogP) is 2.60. The van der Waals surface area contributed by atoms with Crippen LogP contribution in [0.3, 0.4) is 0 Å². The van der Waals surface area contributed by atoms with E-state index in [0.29, 0.717) is 0 Å². The standard InChI is InChI=1S/C54H80N10O8/c1-31(55-9)47(67)57-33(3)51(71)63-29-36(25-42(63)49(69)60-40-23-15-19-34-17-11-13-21-38(34)40)58-44(65)27-54(7,8)28-45(66)59-37-26-43(50(70)61-41-24-16-20-35-18-12-14-22-39(35)41)64(30-37)52(72)46(53(4,5)6)62-48(68)32(2)56-10/h11-14,17-18,21-22,31-33,36-37,40-43,46,55-56H,15-16,19-20,23-30H2,1-10H3,(H,57,67)(H,58,65)(H,59,66)(H,60,69)(H,61,70)(H,62,68). The number of carbonyl (C=O) groups is 8. The zero-order valence-electron chi connectivity index (χ0n) is 44.0. The molecule has 2 aliphatic heterocycles. The molecular formula is C54H80N10O8. The topological polar surface area (TPSA) is 239 Å². The van der Waals surface area contributed by atoms with Crippen molar-refractivity contribution >= 4 is 47.3 Å². The summed E-state index contributed by atoms with van der Waals surface area (Å²) in [7, 11) is 3.30. The third-order valence-electron chi connectivity index (χ3n) is 14.9. The summed E-state index contributed by atoms with van der Waals surface area (Å²) in [5, 5.41) is 23.9. The molecule has 2 fully saturated rings. The van der Waals surface area contributed by atoms with E-state index < -0.39 is 71.0 Å². The van der Waals surface area contributed by atoms with Crippen LogP contribution >= 0.6 is 0 Å². The molecule has 0 saturated carbocycles. The molecule has 18 nitrogen and oxygen atoms in total. The average Bonchev–Trinajstić information content (AvgIpc) is 3.96. The highest BCUT2D eigenvalue weighted by Crippen LogP contribution is 2.34. The minimum absolute atomic E-state index is 0.0323. The van der Waals surface area contributed by atoms with Crippen molar-refractivity contribution in [1.82, 2.24) is 52.3 Å². The van der Waals surface area contributed by atoms with Crippen LogP contribution in [-0.2, 0) is 51.2 Å². The Morgan fingerprint density at radius 1 is 0.569 bits per heavy atom. The second-order valence-electron chi connectivity index (χ2n) is 22.4. The van der Waals surface area contributed by atoms with Crippen LogP contribution in [0.2, 0.25) is 0 Å². The van der Waals surface area contributed by atoms with Crippen molar-refractivity contribution in [1.29, 1.82) is 0 Å². The number of rotatable bonds is 18. The molecule has 0 bridgehead atoms. The SMILES string of the molecule is CNC(C)C(=O)NC(C)C(=O)N1CC(NC(=O)CC(C)(C)CC(=O)NC2CC(C(=O)NC3CCCc4ccccc43)N(C(=O)C(NC(=O)C(C)NC)C(C)(C)C)C2)CC1C(=O)NC1CCCc2ccccc21. The second kappa shape index (κ2) is 23.8. The van der Waals surface area contributed by atoms with Crippen molar-refractivity contribution in [3.8, 4) is 0 Å². The molecule has 394 valence electrons. The number of nitrogens with zero attached hydrogens (tertiary/aromatic N) is 2. The minimum atomic E-state index is -0.973. The Morgan fingerprint density at radius 3 is 1.42 bits per heavy atom. The molecule has 2 saturated heterocycles. The summed E-state index contributed by atoms with van der Waals surface area (Å²) < 4.78 is 0. The molecule has 18 heteroatoms. The maximum atomic E-state index is 14.6. The van der Waals surface area contributed by atoms with E-state index in [1.54, 1.807) is 48.7 Å². The number of aryl methyl sites for hydroxylation is 2. The lowest BCUT2D eigenvalue weighted by Crippen LogP contribution is -2.59. The number of likely N-dealkylation sites (tertiary alicyclic amines) is 2. The van der Waals surface area contributed by atoms with Crippen molar-refractivity contribution in [2.75, 3.05) is 27.2 Å². The maximum absolute atomic E-state index is 14.6. The Hall–Kier alpha value is -5.88. The van der Waals surface area contributed by atoms with Gasteiger partial charge in [0.1, 0.15) is 24.2 Å². The molecule has 0 radical (unpaired) electrons. The summed E-state index contributed by atoms with van der Waals surface area (Å²) in [6.07, 6.45) is 5.29. The summed E-state index contributed by atoms with van der Waals surface area (Å²) in [5.41, 5.74) is 2.85. The zero-order valence-corrected chi connectivity index (χ0v) is 44.0. The number of hydrogen-bond acceptors (Lipinski definition) is 10. The Bertz CT molecular complexity index is 2330. The fraction of sp³-hybridized carbons (Fsp3) is 0.630. The molecule has 2 aromatic carbocycles. The summed E-state index contributed by atoms with van der Waals surface area (Å²) in [4.78, 5) is 114. The molecule has 4 aliphatic rings. The number of hydrogen-bond donors (Lipinski definition) is 8. The zero-order chi connectivity index (χ0) is 52.7. The first-order valence-corrected chi connectivity index (χ1v) is 25.9. The highest BCUT2D eigenvalue weighted by Gasteiger charge is 2.47. The molecule has 6 rings (SSSR count). The monoisotopic (exact) mass is 997 g/mol. The minimum Gasteiger partial charge on any atom is -0.351 e. The normalized spacial score (nSPS) is 23.5. The fourth-order valence-corrected chi connectivity index (χ4v) is 10.7. The molecule has 10 atom stereocenters. The van der Waals surface area contributed by atoms with E-state index in [9.17, 15) is 38.4 Å². The molecule has 8 amide bonds. The molecule has 0 aromatic heterocycles. The molecule has 2 aliphatic carbocycles. The lowest BCUT2D eigenvalue weighted by molar-refractivity contribution is -0.144. The summed E-state index contributed by atoms with van der Waals surface area (Å²) >= 11 is 0. The van der Waals surface area contributed by atoms with Crippen molar-refractivity contribution in [2.45, 2.75) is 180 Å². The Balaban J connectivity index is 1.12. The fourth-order valence-electron chi connectivity index (χ4n) is 10.7. The van der Waals surface area contributed by atoms with Gasteiger partial charge in [-0.1, -0.05) is 83.1 Å². The second-order valence-corrected chi connectivity index (χ2v) is 22.4. The quantitative estimate of drug-likeness (QED) is 0.109. The molecule has 10 unspecified atom stereocenters. The Labute approximate surface area is 425 Å². The number of carbonyl (C=O) groups excluding carboxylic acids is 8. The maximum Gasteiger partial charge on any atom is 0.246 e. The van der Waals surface area contributed by atoms with Gasteiger partial charge in [-0.3, -0.25) is 38.4 Å². The number of amides is 8. The molecular weight excluding hydrogens is 917 g/mol.